The lowest BCUT2D eigenvalue weighted by atomic mass is 9.72. The van der Waals surface area contributed by atoms with E-state index < -0.39 is 0 Å². The first-order valence-electron chi connectivity index (χ1n) is 9.72. The van der Waals surface area contributed by atoms with Crippen molar-refractivity contribution < 1.29 is 9.90 Å². The number of H-pyrrole nitrogens is 1. The number of aryl methyl sites for hydroxylation is 1. The Balaban J connectivity index is 1.50. The minimum absolute atomic E-state index is 0.0663. The number of hydrogen-bond acceptors (Lipinski definition) is 3. The molecule has 1 aromatic heterocycles. The Kier molecular flexibility index (Phi) is 3.97. The fourth-order valence-corrected chi connectivity index (χ4v) is 5.04. The highest BCUT2D eigenvalue weighted by Gasteiger charge is 2.39. The van der Waals surface area contributed by atoms with Gasteiger partial charge in [0.05, 0.1) is 24.0 Å². The molecule has 3 aromatic rings. The van der Waals surface area contributed by atoms with E-state index in [2.05, 4.69) is 20.9 Å². The molecular formula is C22H23N3O2. The monoisotopic (exact) mass is 361 g/mol. The summed E-state index contributed by atoms with van der Waals surface area (Å²) in [5.41, 5.74) is 6.14. The number of rotatable bonds is 2. The molecule has 1 aliphatic carbocycles. The molecule has 1 amide bonds. The van der Waals surface area contributed by atoms with Gasteiger partial charge in [0.25, 0.3) is 5.91 Å². The Morgan fingerprint density at radius 1 is 1.26 bits per heavy atom. The van der Waals surface area contributed by atoms with Crippen LogP contribution in [-0.4, -0.2) is 38.5 Å². The molecule has 1 saturated heterocycles. The molecule has 1 fully saturated rings. The number of aromatic nitrogens is 2. The number of nitrogens with one attached hydrogen (secondary N) is 1. The predicted molar refractivity (Wildman–Crippen MR) is 104 cm³/mol. The third kappa shape index (κ3) is 2.65. The topological polar surface area (TPSA) is 69.2 Å². The number of amides is 1. The molecule has 0 saturated carbocycles. The molecule has 5 heteroatoms. The summed E-state index contributed by atoms with van der Waals surface area (Å²) in [5, 5.41) is 9.83. The molecule has 5 rings (SSSR count). The summed E-state index contributed by atoms with van der Waals surface area (Å²) in [6.07, 6.45) is 5.69. The number of piperidine rings is 1. The number of nitrogens with zero attached hydrogens (tertiary/aromatic N) is 2. The minimum Gasteiger partial charge on any atom is -0.392 e. The smallest absolute Gasteiger partial charge is 0.254 e. The van der Waals surface area contributed by atoms with Crippen molar-refractivity contribution in [1.82, 2.24) is 14.9 Å². The first kappa shape index (κ1) is 16.5. The van der Waals surface area contributed by atoms with Gasteiger partial charge in [0.2, 0.25) is 0 Å². The molecule has 2 atom stereocenters. The van der Waals surface area contributed by atoms with Crippen molar-refractivity contribution in [3.63, 3.8) is 0 Å². The number of imidazole rings is 1. The zero-order chi connectivity index (χ0) is 18.4. The Bertz CT molecular complexity index is 995. The van der Waals surface area contributed by atoms with Crippen molar-refractivity contribution in [2.24, 2.45) is 0 Å². The first-order valence-corrected chi connectivity index (χ1v) is 9.72. The third-order valence-corrected chi connectivity index (χ3v) is 6.24. The van der Waals surface area contributed by atoms with E-state index in [0.29, 0.717) is 11.5 Å². The standard InChI is InChI=1S/C22H23N3O2/c26-12-16-4-1-3-14-7-9-20-17(21(14)16)5-2-10-25(20)22(27)15-6-8-18-19(11-15)24-13-23-18/h1,3-4,6,8,11,13,17,20,26H,2,5,7,9-10,12H2,(H,23,24)/t17-,20-/m0/s1. The summed E-state index contributed by atoms with van der Waals surface area (Å²) in [6.45, 7) is 0.870. The van der Waals surface area contributed by atoms with Crippen LogP contribution in [0.5, 0.6) is 0 Å². The normalized spacial score (nSPS) is 21.7. The maximum atomic E-state index is 13.3. The van der Waals surface area contributed by atoms with E-state index in [1.807, 2.05) is 30.3 Å². The fraction of sp³-hybridized carbons (Fsp3) is 0.364. The molecule has 0 unspecified atom stereocenters. The van der Waals surface area contributed by atoms with E-state index >= 15 is 0 Å². The molecule has 2 heterocycles. The Labute approximate surface area is 158 Å². The summed E-state index contributed by atoms with van der Waals surface area (Å²) in [7, 11) is 0. The number of likely N-dealkylation sites (tertiary alicyclic amines) is 1. The Hall–Kier alpha value is -2.66. The average Bonchev–Trinajstić information content (AvgIpc) is 3.20. The molecule has 27 heavy (non-hydrogen) atoms. The van der Waals surface area contributed by atoms with Gasteiger partial charge >= 0.3 is 0 Å². The summed E-state index contributed by atoms with van der Waals surface area (Å²) < 4.78 is 0. The van der Waals surface area contributed by atoms with Gasteiger partial charge in [-0.05, 0) is 60.6 Å². The van der Waals surface area contributed by atoms with Crippen LogP contribution in [-0.2, 0) is 13.0 Å². The lowest BCUT2D eigenvalue weighted by Gasteiger charge is -2.45. The van der Waals surface area contributed by atoms with Crippen LogP contribution in [0.4, 0.5) is 0 Å². The number of hydrogen-bond donors (Lipinski definition) is 2. The molecule has 1 aliphatic heterocycles. The lowest BCUT2D eigenvalue weighted by molar-refractivity contribution is 0.0545. The average molecular weight is 361 g/mol. The molecule has 2 N–H and O–H groups in total. The second-order valence-electron chi connectivity index (χ2n) is 7.64. The molecule has 0 radical (unpaired) electrons. The highest BCUT2D eigenvalue weighted by Crippen LogP contribution is 2.42. The van der Waals surface area contributed by atoms with Gasteiger partial charge in [-0.25, -0.2) is 4.98 Å². The lowest BCUT2D eigenvalue weighted by Crippen LogP contribution is -2.49. The number of aromatic amines is 1. The van der Waals surface area contributed by atoms with Gasteiger partial charge in [0.15, 0.2) is 0 Å². The zero-order valence-corrected chi connectivity index (χ0v) is 15.2. The van der Waals surface area contributed by atoms with Gasteiger partial charge < -0.3 is 15.0 Å². The Morgan fingerprint density at radius 3 is 3.07 bits per heavy atom. The minimum atomic E-state index is 0.0663. The zero-order valence-electron chi connectivity index (χ0n) is 15.2. The molecule has 138 valence electrons. The predicted octanol–water partition coefficient (Wildman–Crippen LogP) is 3.39. The largest absolute Gasteiger partial charge is 0.392 e. The van der Waals surface area contributed by atoms with Crippen molar-refractivity contribution in [3.05, 3.63) is 65.0 Å². The van der Waals surface area contributed by atoms with Crippen molar-refractivity contribution in [1.29, 1.82) is 0 Å². The molecule has 5 nitrogen and oxygen atoms in total. The number of carbonyl (C=O) groups is 1. The second-order valence-corrected chi connectivity index (χ2v) is 7.64. The fourth-order valence-electron chi connectivity index (χ4n) is 5.04. The van der Waals surface area contributed by atoms with Crippen molar-refractivity contribution in [2.75, 3.05) is 6.54 Å². The quantitative estimate of drug-likeness (QED) is 0.735. The van der Waals surface area contributed by atoms with Crippen LogP contribution in [0.2, 0.25) is 0 Å². The molecular weight excluding hydrogens is 338 g/mol. The summed E-state index contributed by atoms with van der Waals surface area (Å²) in [6, 6.07) is 12.1. The van der Waals surface area contributed by atoms with E-state index in [0.717, 1.165) is 48.8 Å². The molecule has 0 bridgehead atoms. The van der Waals surface area contributed by atoms with Crippen molar-refractivity contribution in [3.8, 4) is 0 Å². The maximum absolute atomic E-state index is 13.3. The number of aliphatic hydroxyl groups excluding tert-OH is 1. The van der Waals surface area contributed by atoms with Gasteiger partial charge in [0, 0.05) is 24.1 Å². The molecule has 2 aliphatic rings. The van der Waals surface area contributed by atoms with E-state index in [-0.39, 0.29) is 18.6 Å². The number of aliphatic hydroxyl groups is 1. The van der Waals surface area contributed by atoms with Crippen LogP contribution in [0.25, 0.3) is 11.0 Å². The Morgan fingerprint density at radius 2 is 2.19 bits per heavy atom. The van der Waals surface area contributed by atoms with Gasteiger partial charge in [-0.3, -0.25) is 4.79 Å². The number of fused-ring (bicyclic) bond motifs is 4. The van der Waals surface area contributed by atoms with Gasteiger partial charge in [-0.15, -0.1) is 0 Å². The van der Waals surface area contributed by atoms with Gasteiger partial charge in [-0.1, -0.05) is 18.2 Å². The SMILES string of the molecule is O=C(c1ccc2nc[nH]c2c1)N1CCC[C@@H]2c3c(CO)cccc3CC[C@@H]21. The van der Waals surface area contributed by atoms with Crippen molar-refractivity contribution >= 4 is 16.9 Å². The molecule has 0 spiro atoms. The highest BCUT2D eigenvalue weighted by molar-refractivity contribution is 5.97. The number of benzene rings is 2. The van der Waals surface area contributed by atoms with Crippen molar-refractivity contribution in [2.45, 2.75) is 44.2 Å². The van der Waals surface area contributed by atoms with Gasteiger partial charge in [-0.2, -0.15) is 0 Å². The summed E-state index contributed by atoms with van der Waals surface area (Å²) in [5.74, 6) is 0.428. The highest BCUT2D eigenvalue weighted by atomic mass is 16.3. The molecule has 2 aromatic carbocycles. The van der Waals surface area contributed by atoms with Crippen LogP contribution >= 0.6 is 0 Å². The first-order chi connectivity index (χ1) is 13.3. The second kappa shape index (κ2) is 6.50. The van der Waals surface area contributed by atoms with Crippen LogP contribution in [0.1, 0.15) is 52.2 Å². The van der Waals surface area contributed by atoms with Gasteiger partial charge in [0.1, 0.15) is 0 Å². The maximum Gasteiger partial charge on any atom is 0.254 e. The number of carbonyl (C=O) groups excluding carboxylic acids is 1. The van der Waals surface area contributed by atoms with Crippen LogP contribution in [0.15, 0.2) is 42.7 Å². The van der Waals surface area contributed by atoms with Crippen LogP contribution in [0.3, 0.4) is 0 Å². The third-order valence-electron chi connectivity index (χ3n) is 6.24. The summed E-state index contributed by atoms with van der Waals surface area (Å²) in [4.78, 5) is 22.7. The van der Waals surface area contributed by atoms with E-state index in [9.17, 15) is 9.90 Å². The van der Waals surface area contributed by atoms with E-state index in [1.54, 1.807) is 6.33 Å². The van der Waals surface area contributed by atoms with E-state index in [4.69, 9.17) is 0 Å². The van der Waals surface area contributed by atoms with E-state index in [1.165, 1.54) is 11.1 Å². The van der Waals surface area contributed by atoms with Crippen LogP contribution < -0.4 is 0 Å². The van der Waals surface area contributed by atoms with Crippen LogP contribution in [0, 0.1) is 0 Å². The summed E-state index contributed by atoms with van der Waals surface area (Å²) >= 11 is 0.